The van der Waals surface area contributed by atoms with Gasteiger partial charge in [0.15, 0.2) is 9.84 Å². The van der Waals surface area contributed by atoms with Crippen LogP contribution in [0.25, 0.3) is 0 Å². The van der Waals surface area contributed by atoms with Crippen LogP contribution in [-0.2, 0) is 9.84 Å². The third-order valence-electron chi connectivity index (χ3n) is 2.68. The predicted molar refractivity (Wildman–Crippen MR) is 54.9 cm³/mol. The van der Waals surface area contributed by atoms with Crippen LogP contribution in [-0.4, -0.2) is 20.7 Å². The van der Waals surface area contributed by atoms with E-state index in [4.69, 9.17) is 5.73 Å². The minimum Gasteiger partial charge on any atom is -0.330 e. The molecule has 0 aromatic heterocycles. The molecule has 1 unspecified atom stereocenters. The van der Waals surface area contributed by atoms with E-state index in [1.807, 2.05) is 0 Å². The summed E-state index contributed by atoms with van der Waals surface area (Å²) in [5.74, 6) is -0.484. The predicted octanol–water partition coefficient (Wildman–Crippen LogP) is 1.05. The maximum Gasteiger partial charge on any atom is 0.179 e. The van der Waals surface area contributed by atoms with Crippen LogP contribution in [0.4, 0.5) is 4.39 Å². The fraction of sp³-hybridized carbons (Fsp3) is 0.400. The van der Waals surface area contributed by atoms with Gasteiger partial charge < -0.3 is 5.73 Å². The van der Waals surface area contributed by atoms with Crippen LogP contribution in [0, 0.1) is 5.82 Å². The zero-order valence-corrected chi connectivity index (χ0v) is 8.93. The molecule has 0 fully saturated rings. The Bertz CT molecular complexity index is 484. The van der Waals surface area contributed by atoms with Gasteiger partial charge in [0.2, 0.25) is 0 Å². The van der Waals surface area contributed by atoms with Crippen molar-refractivity contribution in [2.45, 2.75) is 17.2 Å². The van der Waals surface area contributed by atoms with E-state index in [1.54, 1.807) is 0 Å². The van der Waals surface area contributed by atoms with E-state index in [-0.39, 0.29) is 16.6 Å². The maximum absolute atomic E-state index is 13.0. The first-order valence-corrected chi connectivity index (χ1v) is 6.42. The van der Waals surface area contributed by atoms with Gasteiger partial charge in [-0.1, -0.05) is 0 Å². The molecule has 3 nitrogen and oxygen atoms in total. The standard InChI is InChI=1S/C10H12FNO2S/c11-8-1-2-10-9(5-8)7(3-4-12)6-15(10,13)14/h1-2,5,7H,3-4,6,12H2. The highest BCUT2D eigenvalue weighted by Crippen LogP contribution is 2.36. The molecular weight excluding hydrogens is 217 g/mol. The zero-order valence-electron chi connectivity index (χ0n) is 8.11. The number of nitrogens with two attached hydrogens (primary N) is 1. The number of halogens is 1. The average Bonchev–Trinajstić information content (AvgIpc) is 2.39. The Labute approximate surface area is 88.0 Å². The van der Waals surface area contributed by atoms with E-state index < -0.39 is 15.7 Å². The first-order valence-electron chi connectivity index (χ1n) is 4.77. The van der Waals surface area contributed by atoms with E-state index in [2.05, 4.69) is 0 Å². The number of benzene rings is 1. The van der Waals surface area contributed by atoms with Crippen molar-refractivity contribution in [2.75, 3.05) is 12.3 Å². The van der Waals surface area contributed by atoms with Crippen LogP contribution >= 0.6 is 0 Å². The molecule has 0 spiro atoms. The fourth-order valence-electron chi connectivity index (χ4n) is 2.01. The molecule has 0 bridgehead atoms. The van der Waals surface area contributed by atoms with Gasteiger partial charge in [0, 0.05) is 5.92 Å². The summed E-state index contributed by atoms with van der Waals surface area (Å²) in [6, 6.07) is 3.83. The van der Waals surface area contributed by atoms with Crippen molar-refractivity contribution >= 4 is 9.84 Å². The van der Waals surface area contributed by atoms with Crippen LogP contribution in [0.5, 0.6) is 0 Å². The van der Waals surface area contributed by atoms with Gasteiger partial charge in [-0.2, -0.15) is 0 Å². The zero-order chi connectivity index (χ0) is 11.1. The molecule has 1 aromatic rings. The SMILES string of the molecule is NCCC1CS(=O)(=O)c2ccc(F)cc21. The molecule has 2 N–H and O–H groups in total. The highest BCUT2D eigenvalue weighted by Gasteiger charge is 2.34. The van der Waals surface area contributed by atoms with E-state index >= 15 is 0 Å². The van der Waals surface area contributed by atoms with Gasteiger partial charge in [-0.25, -0.2) is 12.8 Å². The van der Waals surface area contributed by atoms with Crippen molar-refractivity contribution in [3.63, 3.8) is 0 Å². The Hall–Kier alpha value is -0.940. The molecule has 0 aliphatic carbocycles. The Morgan fingerprint density at radius 2 is 2.20 bits per heavy atom. The largest absolute Gasteiger partial charge is 0.330 e. The first kappa shape index (κ1) is 10.6. The summed E-state index contributed by atoms with van der Waals surface area (Å²) in [5.41, 5.74) is 5.99. The number of rotatable bonds is 2. The highest BCUT2D eigenvalue weighted by molar-refractivity contribution is 7.91. The van der Waals surface area contributed by atoms with E-state index in [0.717, 1.165) is 0 Å². The number of hydrogen-bond acceptors (Lipinski definition) is 3. The molecule has 82 valence electrons. The molecule has 5 heteroatoms. The molecule has 1 heterocycles. The molecule has 1 aliphatic heterocycles. The van der Waals surface area contributed by atoms with Crippen LogP contribution in [0.3, 0.4) is 0 Å². The molecule has 0 saturated carbocycles. The second-order valence-electron chi connectivity index (χ2n) is 3.74. The lowest BCUT2D eigenvalue weighted by Gasteiger charge is -2.07. The minimum absolute atomic E-state index is 0.0585. The summed E-state index contributed by atoms with van der Waals surface area (Å²) in [5, 5.41) is 0. The van der Waals surface area contributed by atoms with Crippen LogP contribution in [0.15, 0.2) is 23.1 Å². The summed E-state index contributed by atoms with van der Waals surface area (Å²) < 4.78 is 36.4. The highest BCUT2D eigenvalue weighted by atomic mass is 32.2. The van der Waals surface area contributed by atoms with Gasteiger partial charge in [0.1, 0.15) is 5.82 Å². The van der Waals surface area contributed by atoms with Crippen molar-refractivity contribution in [1.29, 1.82) is 0 Å². The van der Waals surface area contributed by atoms with Crippen LogP contribution in [0.2, 0.25) is 0 Å². The second kappa shape index (κ2) is 3.57. The maximum atomic E-state index is 13.0. The van der Waals surface area contributed by atoms with E-state index in [0.29, 0.717) is 18.5 Å². The second-order valence-corrected chi connectivity index (χ2v) is 5.74. The summed E-state index contributed by atoms with van der Waals surface area (Å²) in [6.45, 7) is 0.413. The number of hydrogen-bond donors (Lipinski definition) is 1. The summed E-state index contributed by atoms with van der Waals surface area (Å²) in [6.07, 6.45) is 0.579. The van der Waals surface area contributed by atoms with Gasteiger partial charge >= 0.3 is 0 Å². The van der Waals surface area contributed by atoms with Gasteiger partial charge in [0.05, 0.1) is 10.6 Å². The van der Waals surface area contributed by atoms with Crippen molar-refractivity contribution in [3.8, 4) is 0 Å². The molecule has 1 aromatic carbocycles. The van der Waals surface area contributed by atoms with E-state index in [9.17, 15) is 12.8 Å². The minimum atomic E-state index is -3.22. The van der Waals surface area contributed by atoms with Crippen LogP contribution < -0.4 is 5.73 Å². The molecule has 1 aliphatic rings. The topological polar surface area (TPSA) is 60.2 Å². The molecule has 1 atom stereocenters. The number of fused-ring (bicyclic) bond motifs is 1. The summed E-state index contributed by atoms with van der Waals surface area (Å²) >= 11 is 0. The van der Waals surface area contributed by atoms with Gasteiger partial charge in [0.25, 0.3) is 0 Å². The Balaban J connectivity index is 2.53. The van der Waals surface area contributed by atoms with E-state index in [1.165, 1.54) is 18.2 Å². The molecule has 2 rings (SSSR count). The third-order valence-corrected chi connectivity index (χ3v) is 4.57. The van der Waals surface area contributed by atoms with Gasteiger partial charge in [-0.3, -0.25) is 0 Å². The quantitative estimate of drug-likeness (QED) is 0.771. The monoisotopic (exact) mass is 229 g/mol. The fourth-order valence-corrected chi connectivity index (χ4v) is 3.92. The summed E-state index contributed by atoms with van der Waals surface area (Å²) in [4.78, 5) is 0.266. The third kappa shape index (κ3) is 1.77. The molecule has 0 radical (unpaired) electrons. The smallest absolute Gasteiger partial charge is 0.179 e. The Morgan fingerprint density at radius 3 is 2.87 bits per heavy atom. The lowest BCUT2D eigenvalue weighted by Crippen LogP contribution is -2.09. The van der Waals surface area contributed by atoms with Crippen molar-refractivity contribution in [2.24, 2.45) is 5.73 Å². The average molecular weight is 229 g/mol. The molecular formula is C10H12FNO2S. The molecule has 15 heavy (non-hydrogen) atoms. The molecule has 0 saturated heterocycles. The Morgan fingerprint density at radius 1 is 1.47 bits per heavy atom. The van der Waals surface area contributed by atoms with Crippen LogP contribution in [0.1, 0.15) is 17.9 Å². The number of sulfone groups is 1. The van der Waals surface area contributed by atoms with Gasteiger partial charge in [-0.05, 0) is 36.7 Å². The summed E-state index contributed by atoms with van der Waals surface area (Å²) in [7, 11) is -3.22. The van der Waals surface area contributed by atoms with Gasteiger partial charge in [-0.15, -0.1) is 0 Å². The normalized spacial score (nSPS) is 22.7. The molecule has 0 amide bonds. The first-order chi connectivity index (χ1) is 7.04. The lowest BCUT2D eigenvalue weighted by atomic mass is 9.98. The Kier molecular flexibility index (Phi) is 2.52. The van der Waals surface area contributed by atoms with Crippen molar-refractivity contribution in [3.05, 3.63) is 29.6 Å². The van der Waals surface area contributed by atoms with Crippen molar-refractivity contribution < 1.29 is 12.8 Å². The lowest BCUT2D eigenvalue weighted by molar-refractivity contribution is 0.595. The van der Waals surface area contributed by atoms with Crippen molar-refractivity contribution in [1.82, 2.24) is 0 Å².